The van der Waals surface area contributed by atoms with Crippen molar-refractivity contribution in [1.29, 1.82) is 0 Å². The first-order valence-corrected chi connectivity index (χ1v) is 7.41. The van der Waals surface area contributed by atoms with Gasteiger partial charge in [-0.1, -0.05) is 12.1 Å². The number of nitrogens with one attached hydrogen (secondary N) is 1. The standard InChI is InChI=1S/C17H13F3N2O3/c18-10-4-5-11-9(8-10)6-7-22(17(24)25)15(11)16(23)21-14-12(19)2-1-3-13(14)20/h1-5,8,15H,6-7H2,(H,21,23)(H,24,25). The van der Waals surface area contributed by atoms with E-state index in [-0.39, 0.29) is 18.5 Å². The molecule has 1 aliphatic rings. The molecule has 2 amide bonds. The van der Waals surface area contributed by atoms with Crippen LogP contribution in [0.2, 0.25) is 0 Å². The number of para-hydroxylation sites is 1. The molecule has 2 aromatic rings. The molecule has 5 nitrogen and oxygen atoms in total. The minimum Gasteiger partial charge on any atom is -0.465 e. The molecule has 2 N–H and O–H groups in total. The first-order chi connectivity index (χ1) is 11.9. The van der Waals surface area contributed by atoms with Gasteiger partial charge in [-0.3, -0.25) is 9.69 Å². The van der Waals surface area contributed by atoms with Crippen LogP contribution in [0.5, 0.6) is 0 Å². The summed E-state index contributed by atoms with van der Waals surface area (Å²) >= 11 is 0. The van der Waals surface area contributed by atoms with E-state index >= 15 is 0 Å². The minimum absolute atomic E-state index is 0.0381. The SMILES string of the molecule is O=C(Nc1c(F)cccc1F)C1c2ccc(F)cc2CCN1C(=O)O. The van der Waals surface area contributed by atoms with Gasteiger partial charge in [-0.25, -0.2) is 18.0 Å². The molecule has 25 heavy (non-hydrogen) atoms. The lowest BCUT2D eigenvalue weighted by Gasteiger charge is -2.34. The van der Waals surface area contributed by atoms with Crippen molar-refractivity contribution in [3.8, 4) is 0 Å². The Morgan fingerprint density at radius 3 is 2.44 bits per heavy atom. The van der Waals surface area contributed by atoms with Crippen molar-refractivity contribution in [3.05, 3.63) is 65.0 Å². The van der Waals surface area contributed by atoms with Gasteiger partial charge in [0.05, 0.1) is 0 Å². The van der Waals surface area contributed by atoms with Crippen LogP contribution in [-0.2, 0) is 11.2 Å². The Labute approximate surface area is 140 Å². The molecule has 0 saturated carbocycles. The van der Waals surface area contributed by atoms with Crippen molar-refractivity contribution >= 4 is 17.7 Å². The van der Waals surface area contributed by atoms with Gasteiger partial charge in [0.2, 0.25) is 0 Å². The second-order valence-electron chi connectivity index (χ2n) is 5.56. The average Bonchev–Trinajstić information content (AvgIpc) is 2.56. The quantitative estimate of drug-likeness (QED) is 0.873. The number of fused-ring (bicyclic) bond motifs is 1. The number of carbonyl (C=O) groups is 2. The lowest BCUT2D eigenvalue weighted by molar-refractivity contribution is -0.121. The van der Waals surface area contributed by atoms with Crippen molar-refractivity contribution in [3.63, 3.8) is 0 Å². The fourth-order valence-electron chi connectivity index (χ4n) is 2.89. The van der Waals surface area contributed by atoms with Crippen LogP contribution in [0.1, 0.15) is 17.2 Å². The van der Waals surface area contributed by atoms with Gasteiger partial charge in [0, 0.05) is 6.54 Å². The highest BCUT2D eigenvalue weighted by atomic mass is 19.1. The van der Waals surface area contributed by atoms with Crippen LogP contribution < -0.4 is 5.32 Å². The maximum absolute atomic E-state index is 13.7. The molecule has 2 aromatic carbocycles. The molecule has 0 radical (unpaired) electrons. The second kappa shape index (κ2) is 6.46. The molecule has 0 aromatic heterocycles. The van der Waals surface area contributed by atoms with Gasteiger partial charge in [-0.05, 0) is 41.8 Å². The van der Waals surface area contributed by atoms with Crippen LogP contribution in [0.3, 0.4) is 0 Å². The summed E-state index contributed by atoms with van der Waals surface area (Å²) < 4.78 is 40.9. The highest BCUT2D eigenvalue weighted by Crippen LogP contribution is 2.32. The largest absolute Gasteiger partial charge is 0.465 e. The molecule has 1 aliphatic heterocycles. The van der Waals surface area contributed by atoms with Gasteiger partial charge in [-0.15, -0.1) is 0 Å². The molecule has 8 heteroatoms. The lowest BCUT2D eigenvalue weighted by Crippen LogP contribution is -2.44. The molecule has 0 bridgehead atoms. The van der Waals surface area contributed by atoms with E-state index in [1.54, 1.807) is 0 Å². The molecule has 0 saturated heterocycles. The number of amides is 2. The van der Waals surface area contributed by atoms with Crippen LogP contribution >= 0.6 is 0 Å². The number of benzene rings is 2. The second-order valence-corrected chi connectivity index (χ2v) is 5.56. The highest BCUT2D eigenvalue weighted by molar-refractivity contribution is 5.97. The Hall–Kier alpha value is -3.03. The molecular weight excluding hydrogens is 337 g/mol. The number of halogens is 3. The Kier molecular flexibility index (Phi) is 4.35. The molecular formula is C17H13F3N2O3. The summed E-state index contributed by atoms with van der Waals surface area (Å²) in [6, 6.07) is 5.38. The molecule has 3 rings (SSSR count). The fourth-order valence-corrected chi connectivity index (χ4v) is 2.89. The topological polar surface area (TPSA) is 69.6 Å². The maximum atomic E-state index is 13.7. The van der Waals surface area contributed by atoms with E-state index < -0.39 is 41.2 Å². The Morgan fingerprint density at radius 2 is 1.80 bits per heavy atom. The summed E-state index contributed by atoms with van der Waals surface area (Å²) in [4.78, 5) is 24.9. The summed E-state index contributed by atoms with van der Waals surface area (Å²) in [6.07, 6.45) is -1.12. The predicted molar refractivity (Wildman–Crippen MR) is 82.6 cm³/mol. The zero-order valence-electron chi connectivity index (χ0n) is 12.8. The molecule has 130 valence electrons. The summed E-state index contributed by atoms with van der Waals surface area (Å²) in [5.74, 6) is -3.39. The third kappa shape index (κ3) is 3.15. The lowest BCUT2D eigenvalue weighted by atomic mass is 9.92. The molecule has 0 aliphatic carbocycles. The smallest absolute Gasteiger partial charge is 0.408 e. The number of carboxylic acid groups (broad SMARTS) is 1. The summed E-state index contributed by atoms with van der Waals surface area (Å²) in [5.41, 5.74) is 0.100. The van der Waals surface area contributed by atoms with Gasteiger partial charge >= 0.3 is 6.09 Å². The average molecular weight is 350 g/mol. The zero-order valence-corrected chi connectivity index (χ0v) is 12.8. The molecule has 0 spiro atoms. The van der Waals surface area contributed by atoms with Crippen LogP contribution in [0, 0.1) is 17.5 Å². The van der Waals surface area contributed by atoms with Gasteiger partial charge in [0.25, 0.3) is 5.91 Å². The normalized spacial score (nSPS) is 16.3. The van der Waals surface area contributed by atoms with Crippen molar-refractivity contribution < 1.29 is 27.9 Å². The van der Waals surface area contributed by atoms with Crippen molar-refractivity contribution in [2.75, 3.05) is 11.9 Å². The number of anilines is 1. The third-order valence-corrected chi connectivity index (χ3v) is 4.04. The van der Waals surface area contributed by atoms with Crippen molar-refractivity contribution in [2.24, 2.45) is 0 Å². The van der Waals surface area contributed by atoms with Gasteiger partial charge in [0.1, 0.15) is 29.2 Å². The summed E-state index contributed by atoms with van der Waals surface area (Å²) in [5, 5.41) is 11.4. The molecule has 1 unspecified atom stereocenters. The third-order valence-electron chi connectivity index (χ3n) is 4.04. The van der Waals surface area contributed by atoms with Gasteiger partial charge in [-0.2, -0.15) is 0 Å². The Balaban J connectivity index is 2.00. The summed E-state index contributed by atoms with van der Waals surface area (Å²) in [7, 11) is 0. The van der Waals surface area contributed by atoms with E-state index in [0.717, 1.165) is 29.2 Å². The number of hydrogen-bond donors (Lipinski definition) is 2. The van der Waals surface area contributed by atoms with Crippen LogP contribution in [0.4, 0.5) is 23.7 Å². The van der Waals surface area contributed by atoms with E-state index in [9.17, 15) is 27.9 Å². The number of nitrogens with zero attached hydrogens (tertiary/aromatic N) is 1. The van der Waals surface area contributed by atoms with E-state index in [2.05, 4.69) is 5.32 Å². The van der Waals surface area contributed by atoms with E-state index in [1.807, 2.05) is 0 Å². The van der Waals surface area contributed by atoms with Crippen LogP contribution in [-0.4, -0.2) is 28.6 Å². The van der Waals surface area contributed by atoms with Crippen molar-refractivity contribution in [2.45, 2.75) is 12.5 Å². The van der Waals surface area contributed by atoms with Crippen LogP contribution in [0.25, 0.3) is 0 Å². The maximum Gasteiger partial charge on any atom is 0.408 e. The minimum atomic E-state index is -1.36. The van der Waals surface area contributed by atoms with E-state index in [0.29, 0.717) is 5.56 Å². The molecule has 0 fully saturated rings. The first kappa shape index (κ1) is 16.8. The van der Waals surface area contributed by atoms with Crippen LogP contribution in [0.15, 0.2) is 36.4 Å². The number of rotatable bonds is 2. The molecule has 1 heterocycles. The first-order valence-electron chi connectivity index (χ1n) is 7.41. The Morgan fingerprint density at radius 1 is 1.12 bits per heavy atom. The van der Waals surface area contributed by atoms with Gasteiger partial charge < -0.3 is 10.4 Å². The monoisotopic (exact) mass is 350 g/mol. The summed E-state index contributed by atoms with van der Waals surface area (Å²) in [6.45, 7) is -0.0381. The van der Waals surface area contributed by atoms with Crippen molar-refractivity contribution in [1.82, 2.24) is 4.90 Å². The number of hydrogen-bond acceptors (Lipinski definition) is 2. The van der Waals surface area contributed by atoms with E-state index in [4.69, 9.17) is 0 Å². The highest BCUT2D eigenvalue weighted by Gasteiger charge is 2.36. The Bertz CT molecular complexity index is 837. The van der Waals surface area contributed by atoms with E-state index in [1.165, 1.54) is 12.1 Å². The predicted octanol–water partition coefficient (Wildman–Crippen LogP) is 3.32. The number of carbonyl (C=O) groups excluding carboxylic acids is 1. The van der Waals surface area contributed by atoms with Gasteiger partial charge in [0.15, 0.2) is 0 Å². The fraction of sp³-hybridized carbons (Fsp3) is 0.176. The zero-order chi connectivity index (χ0) is 18.1. The molecule has 1 atom stereocenters.